The number of nitrogens with zero attached hydrogens (tertiary/aromatic N) is 1. The summed E-state index contributed by atoms with van der Waals surface area (Å²) < 4.78 is 5.88. The first kappa shape index (κ1) is 20.1. The van der Waals surface area contributed by atoms with Gasteiger partial charge in [-0.15, -0.1) is 0 Å². The van der Waals surface area contributed by atoms with Crippen LogP contribution in [-0.4, -0.2) is 28.1 Å². The Morgan fingerprint density at radius 1 is 1.03 bits per heavy atom. The number of halogens is 1. The number of rotatable bonds is 5. The van der Waals surface area contributed by atoms with Crippen molar-refractivity contribution >= 4 is 32.6 Å². The highest BCUT2D eigenvalue weighted by atomic mass is 79.9. The molecule has 4 aromatic rings. The SMILES string of the molecule is COc1cc(-c2cccc(CO)c2)c2cc(C(=O)c3ccc(Br)c(O)c3)ccc2n1. The average molecular weight is 464 g/mol. The molecule has 0 radical (unpaired) electrons. The van der Waals surface area contributed by atoms with Crippen LogP contribution in [0.1, 0.15) is 21.5 Å². The maximum Gasteiger partial charge on any atom is 0.214 e. The molecule has 4 rings (SSSR count). The third-order valence-electron chi connectivity index (χ3n) is 4.89. The molecule has 0 aliphatic heterocycles. The molecule has 150 valence electrons. The van der Waals surface area contributed by atoms with E-state index in [9.17, 15) is 15.0 Å². The monoisotopic (exact) mass is 463 g/mol. The molecule has 0 saturated heterocycles. The van der Waals surface area contributed by atoms with E-state index in [0.29, 0.717) is 27.0 Å². The fourth-order valence-electron chi connectivity index (χ4n) is 3.34. The summed E-state index contributed by atoms with van der Waals surface area (Å²) in [5.41, 5.74) is 4.08. The number of aliphatic hydroxyl groups is 1. The number of hydrogen-bond acceptors (Lipinski definition) is 5. The first-order valence-electron chi connectivity index (χ1n) is 9.22. The number of carbonyl (C=O) groups excluding carboxylic acids is 1. The van der Waals surface area contributed by atoms with Gasteiger partial charge in [0.1, 0.15) is 5.75 Å². The van der Waals surface area contributed by atoms with Gasteiger partial charge in [-0.05, 0) is 75.1 Å². The molecule has 0 amide bonds. The van der Waals surface area contributed by atoms with Gasteiger partial charge in [-0.25, -0.2) is 4.98 Å². The Bertz CT molecular complexity index is 1270. The fourth-order valence-corrected chi connectivity index (χ4v) is 3.59. The standard InChI is InChI=1S/C24H18BrNO4/c1-30-23-12-18(15-4-2-3-14(9-15)13-27)19-10-16(6-8-21(19)26-23)24(29)17-5-7-20(25)22(28)11-17/h2-12,27-28H,13H2,1H3. The summed E-state index contributed by atoms with van der Waals surface area (Å²) in [6.07, 6.45) is 0. The Labute approximate surface area is 181 Å². The topological polar surface area (TPSA) is 79.7 Å². The predicted octanol–water partition coefficient (Wildman–Crippen LogP) is 5.10. The third-order valence-corrected chi connectivity index (χ3v) is 5.56. The van der Waals surface area contributed by atoms with Crippen LogP contribution < -0.4 is 4.74 Å². The quantitative estimate of drug-likeness (QED) is 0.402. The van der Waals surface area contributed by atoms with Gasteiger partial charge in [-0.1, -0.05) is 18.2 Å². The van der Waals surface area contributed by atoms with Crippen molar-refractivity contribution < 1.29 is 19.7 Å². The first-order valence-corrected chi connectivity index (χ1v) is 10.0. The number of methoxy groups -OCH3 is 1. The molecule has 3 aromatic carbocycles. The van der Waals surface area contributed by atoms with E-state index in [1.165, 1.54) is 6.07 Å². The number of benzene rings is 3. The second-order valence-electron chi connectivity index (χ2n) is 6.80. The average Bonchev–Trinajstić information content (AvgIpc) is 2.79. The van der Waals surface area contributed by atoms with Gasteiger partial charge < -0.3 is 14.9 Å². The Morgan fingerprint density at radius 3 is 2.53 bits per heavy atom. The largest absolute Gasteiger partial charge is 0.507 e. The highest BCUT2D eigenvalue weighted by Gasteiger charge is 2.15. The lowest BCUT2D eigenvalue weighted by Gasteiger charge is -2.12. The molecule has 1 aromatic heterocycles. The lowest BCUT2D eigenvalue weighted by atomic mass is 9.96. The predicted molar refractivity (Wildman–Crippen MR) is 119 cm³/mol. The molecular weight excluding hydrogens is 446 g/mol. The van der Waals surface area contributed by atoms with Crippen molar-refractivity contribution in [1.82, 2.24) is 4.98 Å². The number of carbonyl (C=O) groups is 1. The van der Waals surface area contributed by atoms with Crippen molar-refractivity contribution in [1.29, 1.82) is 0 Å². The molecule has 2 N–H and O–H groups in total. The second-order valence-corrected chi connectivity index (χ2v) is 7.65. The van der Waals surface area contributed by atoms with Crippen LogP contribution in [0.3, 0.4) is 0 Å². The Hall–Kier alpha value is -3.22. The third kappa shape index (κ3) is 3.79. The number of aromatic hydroxyl groups is 1. The Balaban J connectivity index is 1.88. The number of phenols is 1. The summed E-state index contributed by atoms with van der Waals surface area (Å²) in [6.45, 7) is -0.0647. The highest BCUT2D eigenvalue weighted by Crippen LogP contribution is 2.33. The van der Waals surface area contributed by atoms with E-state index in [2.05, 4.69) is 20.9 Å². The van der Waals surface area contributed by atoms with Gasteiger partial charge in [0.2, 0.25) is 5.88 Å². The number of pyridine rings is 1. The zero-order valence-corrected chi connectivity index (χ0v) is 17.7. The van der Waals surface area contributed by atoms with Crippen LogP contribution in [0.4, 0.5) is 0 Å². The molecule has 0 aliphatic carbocycles. The molecule has 0 spiro atoms. The van der Waals surface area contributed by atoms with E-state index in [1.807, 2.05) is 30.3 Å². The van der Waals surface area contributed by atoms with Crippen LogP contribution >= 0.6 is 15.9 Å². The van der Waals surface area contributed by atoms with Crippen LogP contribution in [-0.2, 0) is 6.61 Å². The zero-order valence-electron chi connectivity index (χ0n) is 16.1. The molecule has 0 fully saturated rings. The minimum atomic E-state index is -0.203. The summed E-state index contributed by atoms with van der Waals surface area (Å²) in [5.74, 6) is 0.268. The number of fused-ring (bicyclic) bond motifs is 1. The smallest absolute Gasteiger partial charge is 0.214 e. The van der Waals surface area contributed by atoms with E-state index in [-0.39, 0.29) is 18.1 Å². The van der Waals surface area contributed by atoms with Crippen molar-refractivity contribution in [3.63, 3.8) is 0 Å². The van der Waals surface area contributed by atoms with Gasteiger partial charge in [0.05, 0.1) is 23.7 Å². The van der Waals surface area contributed by atoms with Gasteiger partial charge in [0.25, 0.3) is 0 Å². The number of phenolic OH excluding ortho intramolecular Hbond substituents is 1. The number of aliphatic hydroxyl groups excluding tert-OH is 1. The van der Waals surface area contributed by atoms with Crippen molar-refractivity contribution in [3.05, 3.63) is 87.9 Å². The number of hydrogen-bond donors (Lipinski definition) is 2. The number of aromatic nitrogens is 1. The lowest BCUT2D eigenvalue weighted by Crippen LogP contribution is -2.02. The maximum absolute atomic E-state index is 13.0. The molecule has 5 nitrogen and oxygen atoms in total. The molecule has 6 heteroatoms. The Kier molecular flexibility index (Phi) is 5.53. The van der Waals surface area contributed by atoms with Gasteiger partial charge in [-0.3, -0.25) is 4.79 Å². The van der Waals surface area contributed by atoms with Crippen LogP contribution in [0.15, 0.2) is 71.2 Å². The minimum absolute atomic E-state index is 0.00884. The van der Waals surface area contributed by atoms with Crippen LogP contribution in [0.25, 0.3) is 22.0 Å². The van der Waals surface area contributed by atoms with E-state index in [4.69, 9.17) is 4.74 Å². The van der Waals surface area contributed by atoms with E-state index in [0.717, 1.165) is 22.1 Å². The molecule has 0 aliphatic rings. The van der Waals surface area contributed by atoms with E-state index in [1.54, 1.807) is 37.4 Å². The number of ether oxygens (including phenoxy) is 1. The maximum atomic E-state index is 13.0. The van der Waals surface area contributed by atoms with Gasteiger partial charge in [-0.2, -0.15) is 0 Å². The van der Waals surface area contributed by atoms with Gasteiger partial charge in [0.15, 0.2) is 5.78 Å². The molecular formula is C24H18BrNO4. The summed E-state index contributed by atoms with van der Waals surface area (Å²) in [4.78, 5) is 17.5. The van der Waals surface area contributed by atoms with Crippen molar-refractivity contribution in [3.8, 4) is 22.8 Å². The normalized spacial score (nSPS) is 10.9. The van der Waals surface area contributed by atoms with Crippen molar-refractivity contribution in [2.24, 2.45) is 0 Å². The van der Waals surface area contributed by atoms with Crippen LogP contribution in [0.2, 0.25) is 0 Å². The minimum Gasteiger partial charge on any atom is -0.507 e. The van der Waals surface area contributed by atoms with Gasteiger partial charge >= 0.3 is 0 Å². The van der Waals surface area contributed by atoms with Gasteiger partial charge in [0, 0.05) is 22.6 Å². The molecule has 30 heavy (non-hydrogen) atoms. The van der Waals surface area contributed by atoms with E-state index >= 15 is 0 Å². The van der Waals surface area contributed by atoms with Crippen LogP contribution in [0.5, 0.6) is 11.6 Å². The second kappa shape index (κ2) is 8.26. The first-order chi connectivity index (χ1) is 14.5. The molecule has 1 heterocycles. The molecule has 0 saturated carbocycles. The lowest BCUT2D eigenvalue weighted by molar-refractivity contribution is 0.103. The summed E-state index contributed by atoms with van der Waals surface area (Å²) in [5, 5.41) is 20.2. The summed E-state index contributed by atoms with van der Waals surface area (Å²) >= 11 is 3.23. The van der Waals surface area contributed by atoms with E-state index < -0.39 is 0 Å². The fraction of sp³-hybridized carbons (Fsp3) is 0.0833. The number of ketones is 1. The van der Waals surface area contributed by atoms with Crippen molar-refractivity contribution in [2.45, 2.75) is 6.61 Å². The molecule has 0 unspecified atom stereocenters. The molecule has 0 bridgehead atoms. The van der Waals surface area contributed by atoms with Crippen molar-refractivity contribution in [2.75, 3.05) is 7.11 Å². The zero-order chi connectivity index (χ0) is 21.3. The highest BCUT2D eigenvalue weighted by molar-refractivity contribution is 9.10. The molecule has 0 atom stereocenters. The summed E-state index contributed by atoms with van der Waals surface area (Å²) in [6, 6.07) is 19.4. The Morgan fingerprint density at radius 2 is 1.80 bits per heavy atom. The van der Waals surface area contributed by atoms with Crippen LogP contribution in [0, 0.1) is 0 Å². The summed E-state index contributed by atoms with van der Waals surface area (Å²) in [7, 11) is 1.56.